The van der Waals surface area contributed by atoms with E-state index in [4.69, 9.17) is 9.47 Å². The van der Waals surface area contributed by atoms with Crippen molar-refractivity contribution in [2.24, 2.45) is 5.92 Å². The van der Waals surface area contributed by atoms with Gasteiger partial charge >= 0.3 is 0 Å². The van der Waals surface area contributed by atoms with Crippen molar-refractivity contribution in [1.82, 2.24) is 0 Å². The van der Waals surface area contributed by atoms with Gasteiger partial charge < -0.3 is 14.6 Å². The smallest absolute Gasteiger partial charge is 0.165 e. The molecule has 1 saturated carbocycles. The predicted octanol–water partition coefficient (Wildman–Crippen LogP) is 2.97. The van der Waals surface area contributed by atoms with Gasteiger partial charge in [0, 0.05) is 6.07 Å². The summed E-state index contributed by atoms with van der Waals surface area (Å²) in [4.78, 5) is 0. The van der Waals surface area contributed by atoms with Crippen molar-refractivity contribution < 1.29 is 14.6 Å². The quantitative estimate of drug-likeness (QED) is 0.832. The van der Waals surface area contributed by atoms with E-state index < -0.39 is 0 Å². The van der Waals surface area contributed by atoms with Gasteiger partial charge in [-0.25, -0.2) is 0 Å². The second-order valence-electron chi connectivity index (χ2n) is 4.55. The summed E-state index contributed by atoms with van der Waals surface area (Å²) in [7, 11) is 0. The van der Waals surface area contributed by atoms with Crippen molar-refractivity contribution in [2.75, 3.05) is 6.61 Å². The van der Waals surface area contributed by atoms with E-state index in [0.717, 1.165) is 12.4 Å². The highest BCUT2D eigenvalue weighted by molar-refractivity contribution is 5.45. The molecule has 0 amide bonds. The highest BCUT2D eigenvalue weighted by atomic mass is 16.5. The number of hydrogen-bond acceptors (Lipinski definition) is 3. The van der Waals surface area contributed by atoms with E-state index >= 15 is 0 Å². The summed E-state index contributed by atoms with van der Waals surface area (Å²) in [6, 6.07) is 4.98. The molecule has 1 N–H and O–H groups in total. The van der Waals surface area contributed by atoms with Crippen molar-refractivity contribution in [3.05, 3.63) is 18.2 Å². The molecule has 0 atom stereocenters. The summed E-state index contributed by atoms with van der Waals surface area (Å²) in [6.45, 7) is 4.66. The largest absolute Gasteiger partial charge is 0.508 e. The molecule has 0 heterocycles. The van der Waals surface area contributed by atoms with Crippen LogP contribution in [0.25, 0.3) is 0 Å². The van der Waals surface area contributed by atoms with Crippen LogP contribution in [0, 0.1) is 5.92 Å². The lowest BCUT2D eigenvalue weighted by Crippen LogP contribution is -2.08. The van der Waals surface area contributed by atoms with Crippen molar-refractivity contribution in [3.63, 3.8) is 0 Å². The molecule has 3 nitrogen and oxygen atoms in total. The number of rotatable bonds is 5. The standard InChI is InChI=1S/C13H18O3/c1-9(2)16-13-7-11(14)5-6-12(13)15-8-10-3-4-10/h5-7,9-10,14H,3-4,8H2,1-2H3. The molecule has 1 aromatic rings. The average molecular weight is 222 g/mol. The van der Waals surface area contributed by atoms with E-state index in [-0.39, 0.29) is 11.9 Å². The molecule has 0 aliphatic heterocycles. The third-order valence-electron chi connectivity index (χ3n) is 2.46. The highest BCUT2D eigenvalue weighted by Gasteiger charge is 2.22. The molecular weight excluding hydrogens is 204 g/mol. The molecule has 3 heteroatoms. The molecule has 1 aliphatic carbocycles. The van der Waals surface area contributed by atoms with Crippen LogP contribution >= 0.6 is 0 Å². The fourth-order valence-corrected chi connectivity index (χ4v) is 1.45. The van der Waals surface area contributed by atoms with Gasteiger partial charge in [0.25, 0.3) is 0 Å². The first-order valence-electron chi connectivity index (χ1n) is 5.77. The molecule has 0 radical (unpaired) electrons. The minimum absolute atomic E-state index is 0.0741. The third kappa shape index (κ3) is 3.05. The maximum Gasteiger partial charge on any atom is 0.165 e. The van der Waals surface area contributed by atoms with E-state index in [1.807, 2.05) is 13.8 Å². The van der Waals surface area contributed by atoms with E-state index in [9.17, 15) is 5.11 Å². The molecule has 0 spiro atoms. The maximum atomic E-state index is 9.40. The molecule has 0 aromatic heterocycles. The Morgan fingerprint density at radius 3 is 2.69 bits per heavy atom. The van der Waals surface area contributed by atoms with E-state index in [0.29, 0.717) is 11.7 Å². The van der Waals surface area contributed by atoms with Gasteiger partial charge in [-0.2, -0.15) is 0 Å². The van der Waals surface area contributed by atoms with Gasteiger partial charge in [-0.15, -0.1) is 0 Å². The second kappa shape index (κ2) is 4.64. The van der Waals surface area contributed by atoms with Crippen LogP contribution < -0.4 is 9.47 Å². The van der Waals surface area contributed by atoms with Crippen LogP contribution in [0.3, 0.4) is 0 Å². The molecule has 0 bridgehead atoms. The van der Waals surface area contributed by atoms with Gasteiger partial charge in [0.2, 0.25) is 0 Å². The summed E-state index contributed by atoms with van der Waals surface area (Å²) >= 11 is 0. The maximum absolute atomic E-state index is 9.40. The Labute approximate surface area is 96.0 Å². The highest BCUT2D eigenvalue weighted by Crippen LogP contribution is 2.35. The van der Waals surface area contributed by atoms with Crippen LogP contribution in [-0.4, -0.2) is 17.8 Å². The Hall–Kier alpha value is -1.38. The zero-order valence-electron chi connectivity index (χ0n) is 9.77. The number of aromatic hydroxyl groups is 1. The number of hydrogen-bond donors (Lipinski definition) is 1. The molecule has 1 fully saturated rings. The predicted molar refractivity (Wildman–Crippen MR) is 62.1 cm³/mol. The summed E-state index contributed by atoms with van der Waals surface area (Å²) < 4.78 is 11.3. The minimum atomic E-state index is 0.0741. The monoisotopic (exact) mass is 222 g/mol. The van der Waals surface area contributed by atoms with Gasteiger partial charge in [0.15, 0.2) is 11.5 Å². The van der Waals surface area contributed by atoms with Crippen LogP contribution in [0.1, 0.15) is 26.7 Å². The lowest BCUT2D eigenvalue weighted by molar-refractivity contribution is 0.217. The Bertz CT molecular complexity index is 356. The van der Waals surface area contributed by atoms with Crippen LogP contribution in [-0.2, 0) is 0 Å². The second-order valence-corrected chi connectivity index (χ2v) is 4.55. The molecular formula is C13H18O3. The minimum Gasteiger partial charge on any atom is -0.508 e. The third-order valence-corrected chi connectivity index (χ3v) is 2.46. The van der Waals surface area contributed by atoms with Crippen molar-refractivity contribution in [1.29, 1.82) is 0 Å². The van der Waals surface area contributed by atoms with Crippen LogP contribution in [0.5, 0.6) is 17.2 Å². The number of phenolic OH excluding ortho intramolecular Hbond substituents is 1. The molecule has 2 rings (SSSR count). The van der Waals surface area contributed by atoms with Crippen LogP contribution in [0.4, 0.5) is 0 Å². The van der Waals surface area contributed by atoms with Gasteiger partial charge in [0.1, 0.15) is 5.75 Å². The fourth-order valence-electron chi connectivity index (χ4n) is 1.45. The Morgan fingerprint density at radius 2 is 2.06 bits per heavy atom. The van der Waals surface area contributed by atoms with Crippen LogP contribution in [0.15, 0.2) is 18.2 Å². The average Bonchev–Trinajstić information content (AvgIpc) is 2.99. The number of ether oxygens (including phenoxy) is 2. The first-order chi connectivity index (χ1) is 7.65. The van der Waals surface area contributed by atoms with E-state index in [1.54, 1.807) is 18.2 Å². The van der Waals surface area contributed by atoms with Crippen molar-refractivity contribution in [3.8, 4) is 17.2 Å². The van der Waals surface area contributed by atoms with Gasteiger partial charge in [-0.1, -0.05) is 0 Å². The number of benzene rings is 1. The molecule has 88 valence electrons. The van der Waals surface area contributed by atoms with Gasteiger partial charge in [0.05, 0.1) is 12.7 Å². The first kappa shape index (κ1) is 11.1. The van der Waals surface area contributed by atoms with Gasteiger partial charge in [-0.3, -0.25) is 0 Å². The van der Waals surface area contributed by atoms with Crippen LogP contribution in [0.2, 0.25) is 0 Å². The molecule has 1 aromatic carbocycles. The fraction of sp³-hybridized carbons (Fsp3) is 0.538. The Morgan fingerprint density at radius 1 is 1.31 bits per heavy atom. The zero-order chi connectivity index (χ0) is 11.5. The normalized spacial score (nSPS) is 15.2. The summed E-state index contributed by atoms with van der Waals surface area (Å²) in [5.41, 5.74) is 0. The van der Waals surface area contributed by atoms with Gasteiger partial charge in [-0.05, 0) is 44.7 Å². The molecule has 16 heavy (non-hydrogen) atoms. The summed E-state index contributed by atoms with van der Waals surface area (Å²) in [5.74, 6) is 2.25. The van der Waals surface area contributed by atoms with Crippen molar-refractivity contribution in [2.45, 2.75) is 32.8 Å². The van der Waals surface area contributed by atoms with E-state index in [1.165, 1.54) is 12.8 Å². The lowest BCUT2D eigenvalue weighted by Gasteiger charge is -2.15. The number of phenols is 1. The topological polar surface area (TPSA) is 38.7 Å². The summed E-state index contributed by atoms with van der Waals surface area (Å²) in [5, 5.41) is 9.40. The molecule has 0 unspecified atom stereocenters. The lowest BCUT2D eigenvalue weighted by atomic mass is 10.3. The first-order valence-corrected chi connectivity index (χ1v) is 5.77. The van der Waals surface area contributed by atoms with E-state index in [2.05, 4.69) is 0 Å². The Balaban J connectivity index is 2.06. The zero-order valence-corrected chi connectivity index (χ0v) is 9.77. The molecule has 1 aliphatic rings. The molecule has 0 saturated heterocycles. The summed E-state index contributed by atoms with van der Waals surface area (Å²) in [6.07, 6.45) is 2.60. The Kier molecular flexibility index (Phi) is 3.22. The SMILES string of the molecule is CC(C)Oc1cc(O)ccc1OCC1CC1. The van der Waals surface area contributed by atoms with Crippen molar-refractivity contribution >= 4 is 0 Å².